The zero-order chi connectivity index (χ0) is 18.0. The molecule has 1 aromatic heterocycles. The Hall–Kier alpha value is -2.39. The Balaban J connectivity index is 1.97. The van der Waals surface area contributed by atoms with E-state index in [1.54, 1.807) is 12.1 Å². The molecule has 0 radical (unpaired) electrons. The van der Waals surface area contributed by atoms with Gasteiger partial charge in [0.1, 0.15) is 5.82 Å². The van der Waals surface area contributed by atoms with E-state index in [-0.39, 0.29) is 12.1 Å². The van der Waals surface area contributed by atoms with Crippen LogP contribution in [-0.2, 0) is 4.74 Å². The van der Waals surface area contributed by atoms with Gasteiger partial charge in [-0.15, -0.1) is 0 Å². The summed E-state index contributed by atoms with van der Waals surface area (Å²) >= 11 is 6.31. The number of aromatic nitrogens is 2. The number of nitrogens with one attached hydrogen (secondary N) is 1. The van der Waals surface area contributed by atoms with Gasteiger partial charge in [-0.25, -0.2) is 4.98 Å². The number of imidazole rings is 1. The SMILES string of the molecule is CCOC(C)C(N)c1nc2ccc(-c3ccc(C#N)cc3Cl)cc2[nH]1. The highest BCUT2D eigenvalue weighted by Gasteiger charge is 2.19. The molecule has 1 heterocycles. The van der Waals surface area contributed by atoms with Crippen molar-refractivity contribution in [2.45, 2.75) is 26.0 Å². The lowest BCUT2D eigenvalue weighted by Gasteiger charge is -2.17. The van der Waals surface area contributed by atoms with Crippen LogP contribution in [0.3, 0.4) is 0 Å². The summed E-state index contributed by atoms with van der Waals surface area (Å²) in [5.41, 5.74) is 10.3. The standard InChI is InChI=1S/C19H19ClN4O/c1-3-25-11(2)18(22)19-23-16-7-5-13(9-17(16)24-19)14-6-4-12(10-21)8-15(14)20/h4-9,11,18H,3,22H2,1-2H3,(H,23,24). The van der Waals surface area contributed by atoms with Crippen LogP contribution in [0.1, 0.15) is 31.3 Å². The number of fused-ring (bicyclic) bond motifs is 1. The van der Waals surface area contributed by atoms with E-state index in [1.807, 2.05) is 38.1 Å². The molecular weight excluding hydrogens is 336 g/mol. The van der Waals surface area contributed by atoms with Crippen LogP contribution in [0, 0.1) is 11.3 Å². The Bertz CT molecular complexity index is 944. The maximum absolute atomic E-state index is 8.96. The smallest absolute Gasteiger partial charge is 0.126 e. The molecule has 3 rings (SSSR count). The Kier molecular flexibility index (Phi) is 5.05. The minimum Gasteiger partial charge on any atom is -0.377 e. The lowest BCUT2D eigenvalue weighted by atomic mass is 10.0. The second-order valence-corrected chi connectivity index (χ2v) is 6.25. The zero-order valence-corrected chi connectivity index (χ0v) is 14.8. The summed E-state index contributed by atoms with van der Waals surface area (Å²) in [7, 11) is 0. The third kappa shape index (κ3) is 3.52. The fourth-order valence-electron chi connectivity index (χ4n) is 2.76. The summed E-state index contributed by atoms with van der Waals surface area (Å²) in [6, 6.07) is 12.9. The molecule has 2 aromatic carbocycles. The molecule has 2 unspecified atom stereocenters. The van der Waals surface area contributed by atoms with Crippen LogP contribution in [0.2, 0.25) is 5.02 Å². The summed E-state index contributed by atoms with van der Waals surface area (Å²) in [5, 5.41) is 9.50. The summed E-state index contributed by atoms with van der Waals surface area (Å²) in [5.74, 6) is 0.694. The predicted octanol–water partition coefficient (Wildman–Crippen LogP) is 4.18. The van der Waals surface area contributed by atoms with Gasteiger partial charge in [-0.05, 0) is 43.7 Å². The molecule has 25 heavy (non-hydrogen) atoms. The summed E-state index contributed by atoms with van der Waals surface area (Å²) in [6.45, 7) is 4.48. The molecular formula is C19H19ClN4O. The first-order valence-corrected chi connectivity index (χ1v) is 8.48. The number of H-pyrrole nitrogens is 1. The van der Waals surface area contributed by atoms with Crippen molar-refractivity contribution in [2.24, 2.45) is 5.73 Å². The van der Waals surface area contributed by atoms with Crippen molar-refractivity contribution < 1.29 is 4.74 Å². The first-order valence-electron chi connectivity index (χ1n) is 8.10. The van der Waals surface area contributed by atoms with E-state index in [4.69, 9.17) is 27.3 Å². The van der Waals surface area contributed by atoms with Crippen LogP contribution < -0.4 is 5.73 Å². The van der Waals surface area contributed by atoms with Crippen LogP contribution >= 0.6 is 11.6 Å². The van der Waals surface area contributed by atoms with Crippen molar-refractivity contribution in [1.82, 2.24) is 9.97 Å². The fraction of sp³-hybridized carbons (Fsp3) is 0.263. The molecule has 0 saturated carbocycles. The van der Waals surface area contributed by atoms with Crippen molar-refractivity contribution in [3.63, 3.8) is 0 Å². The van der Waals surface area contributed by atoms with E-state index >= 15 is 0 Å². The second-order valence-electron chi connectivity index (χ2n) is 5.85. The number of rotatable bonds is 5. The van der Waals surface area contributed by atoms with Crippen LogP contribution in [0.5, 0.6) is 0 Å². The van der Waals surface area contributed by atoms with Crippen molar-refractivity contribution in [3.8, 4) is 17.2 Å². The first kappa shape index (κ1) is 17.4. The Morgan fingerprint density at radius 3 is 2.80 bits per heavy atom. The maximum Gasteiger partial charge on any atom is 0.126 e. The number of halogens is 1. The molecule has 0 amide bonds. The van der Waals surface area contributed by atoms with Crippen molar-refractivity contribution in [1.29, 1.82) is 5.26 Å². The van der Waals surface area contributed by atoms with Crippen molar-refractivity contribution in [2.75, 3.05) is 6.61 Å². The zero-order valence-electron chi connectivity index (χ0n) is 14.1. The molecule has 0 spiro atoms. The van der Waals surface area contributed by atoms with Crippen LogP contribution in [0.4, 0.5) is 0 Å². The molecule has 0 aliphatic heterocycles. The Morgan fingerprint density at radius 1 is 1.32 bits per heavy atom. The van der Waals surface area contributed by atoms with Gasteiger partial charge < -0.3 is 15.5 Å². The number of benzene rings is 2. The monoisotopic (exact) mass is 354 g/mol. The average molecular weight is 355 g/mol. The number of nitrogens with zero attached hydrogens (tertiary/aromatic N) is 2. The van der Waals surface area contributed by atoms with Crippen LogP contribution in [0.15, 0.2) is 36.4 Å². The Morgan fingerprint density at radius 2 is 2.12 bits per heavy atom. The third-order valence-electron chi connectivity index (χ3n) is 4.16. The number of aromatic amines is 1. The third-order valence-corrected chi connectivity index (χ3v) is 4.47. The van der Waals surface area contributed by atoms with E-state index in [9.17, 15) is 0 Å². The molecule has 5 nitrogen and oxygen atoms in total. The second kappa shape index (κ2) is 7.24. The van der Waals surface area contributed by atoms with Crippen molar-refractivity contribution >= 4 is 22.6 Å². The largest absolute Gasteiger partial charge is 0.377 e. The van der Waals surface area contributed by atoms with E-state index in [0.717, 1.165) is 22.2 Å². The van der Waals surface area contributed by atoms with Gasteiger partial charge >= 0.3 is 0 Å². The average Bonchev–Trinajstić information content (AvgIpc) is 3.04. The minimum atomic E-state index is -0.325. The highest BCUT2D eigenvalue weighted by molar-refractivity contribution is 6.33. The summed E-state index contributed by atoms with van der Waals surface area (Å²) < 4.78 is 5.56. The van der Waals surface area contributed by atoms with Gasteiger partial charge in [-0.2, -0.15) is 5.26 Å². The molecule has 0 saturated heterocycles. The molecule has 0 bridgehead atoms. The minimum absolute atomic E-state index is 0.127. The van der Waals surface area contributed by atoms with E-state index < -0.39 is 0 Å². The summed E-state index contributed by atoms with van der Waals surface area (Å²) in [4.78, 5) is 7.84. The molecule has 128 valence electrons. The van der Waals surface area contributed by atoms with Gasteiger partial charge in [0, 0.05) is 17.2 Å². The van der Waals surface area contributed by atoms with Crippen molar-refractivity contribution in [3.05, 3.63) is 52.8 Å². The molecule has 3 aromatic rings. The highest BCUT2D eigenvalue weighted by atomic mass is 35.5. The van der Waals surface area contributed by atoms with Gasteiger partial charge in [0.05, 0.1) is 34.8 Å². The lowest BCUT2D eigenvalue weighted by molar-refractivity contribution is 0.0557. The predicted molar refractivity (Wildman–Crippen MR) is 99.3 cm³/mol. The highest BCUT2D eigenvalue weighted by Crippen LogP contribution is 2.31. The summed E-state index contributed by atoms with van der Waals surface area (Å²) in [6.07, 6.45) is -0.127. The topological polar surface area (TPSA) is 87.7 Å². The maximum atomic E-state index is 8.96. The number of nitrogens with two attached hydrogens (primary N) is 1. The molecule has 2 atom stereocenters. The fourth-order valence-corrected chi connectivity index (χ4v) is 3.05. The normalized spacial score (nSPS) is 13.6. The lowest BCUT2D eigenvalue weighted by Crippen LogP contribution is -2.27. The molecule has 0 fully saturated rings. The molecule has 3 N–H and O–H groups in total. The number of ether oxygens (including phenoxy) is 1. The van der Waals surface area contributed by atoms with Gasteiger partial charge in [-0.1, -0.05) is 23.7 Å². The molecule has 6 heteroatoms. The Labute approximate surface area is 151 Å². The molecule has 0 aliphatic rings. The van der Waals surface area contributed by atoms with Crippen LogP contribution in [0.25, 0.3) is 22.2 Å². The molecule has 0 aliphatic carbocycles. The quantitative estimate of drug-likeness (QED) is 0.719. The van der Waals surface area contributed by atoms with Gasteiger partial charge in [0.25, 0.3) is 0 Å². The van der Waals surface area contributed by atoms with E-state index in [1.165, 1.54) is 0 Å². The first-order chi connectivity index (χ1) is 12.0. The van der Waals surface area contributed by atoms with Crippen LogP contribution in [-0.4, -0.2) is 22.7 Å². The number of nitriles is 1. The van der Waals surface area contributed by atoms with Gasteiger partial charge in [-0.3, -0.25) is 0 Å². The van der Waals surface area contributed by atoms with Gasteiger partial charge in [0.15, 0.2) is 0 Å². The number of hydrogen-bond acceptors (Lipinski definition) is 4. The van der Waals surface area contributed by atoms with Gasteiger partial charge in [0.2, 0.25) is 0 Å². The van der Waals surface area contributed by atoms with E-state index in [0.29, 0.717) is 23.0 Å². The number of hydrogen-bond donors (Lipinski definition) is 2. The van der Waals surface area contributed by atoms with E-state index in [2.05, 4.69) is 16.0 Å².